The molecule has 0 aromatic heterocycles. The molecule has 0 unspecified atom stereocenters. The summed E-state index contributed by atoms with van der Waals surface area (Å²) < 4.78 is 0. The first-order valence-electron chi connectivity index (χ1n) is 5.04. The second-order valence-corrected chi connectivity index (χ2v) is 3.93. The van der Waals surface area contributed by atoms with Gasteiger partial charge in [-0.1, -0.05) is 54.1 Å². The van der Waals surface area contributed by atoms with Crippen molar-refractivity contribution in [2.75, 3.05) is 5.73 Å². The molecule has 1 nitrogen and oxygen atoms in total. The van der Waals surface area contributed by atoms with E-state index < -0.39 is 0 Å². The van der Waals surface area contributed by atoms with Crippen molar-refractivity contribution in [1.82, 2.24) is 0 Å². The van der Waals surface area contributed by atoms with Gasteiger partial charge in [0.05, 0.1) is 0 Å². The smallest absolute Gasteiger partial charge is 0.0478 e. The standard InChI is InChI=1S/C14H12ClN/c15-14-4-2-1-3-12(14)8-5-11-6-9-13(16)10-7-11/h1-10H,16H2. The Bertz CT molecular complexity index is 500. The van der Waals surface area contributed by atoms with E-state index in [1.807, 2.05) is 60.7 Å². The molecule has 0 radical (unpaired) electrons. The molecule has 0 amide bonds. The summed E-state index contributed by atoms with van der Waals surface area (Å²) >= 11 is 6.04. The van der Waals surface area contributed by atoms with Crippen molar-refractivity contribution < 1.29 is 0 Å². The summed E-state index contributed by atoms with van der Waals surface area (Å²) in [5, 5.41) is 0.759. The Morgan fingerprint density at radius 3 is 2.25 bits per heavy atom. The molecule has 16 heavy (non-hydrogen) atoms. The van der Waals surface area contributed by atoms with Gasteiger partial charge in [0.1, 0.15) is 0 Å². The van der Waals surface area contributed by atoms with Crippen molar-refractivity contribution in [3.8, 4) is 0 Å². The van der Waals surface area contributed by atoms with Gasteiger partial charge < -0.3 is 5.73 Å². The first kappa shape index (κ1) is 10.8. The maximum atomic E-state index is 6.04. The molecule has 0 bridgehead atoms. The Balaban J connectivity index is 2.21. The Kier molecular flexibility index (Phi) is 3.28. The molecule has 0 aliphatic heterocycles. The van der Waals surface area contributed by atoms with Crippen LogP contribution in [0.1, 0.15) is 11.1 Å². The van der Waals surface area contributed by atoms with Crippen LogP contribution in [0, 0.1) is 0 Å². The Hall–Kier alpha value is -1.73. The molecule has 2 aromatic rings. The minimum atomic E-state index is 0.759. The SMILES string of the molecule is Nc1ccc(C=Cc2ccccc2Cl)cc1. The highest BCUT2D eigenvalue weighted by Crippen LogP contribution is 2.18. The summed E-state index contributed by atoms with van der Waals surface area (Å²) in [4.78, 5) is 0. The van der Waals surface area contributed by atoms with Crippen LogP contribution < -0.4 is 5.73 Å². The number of benzene rings is 2. The van der Waals surface area contributed by atoms with Gasteiger partial charge in [0, 0.05) is 10.7 Å². The molecule has 0 aliphatic carbocycles. The van der Waals surface area contributed by atoms with Crippen LogP contribution in [0.4, 0.5) is 5.69 Å². The summed E-state index contributed by atoms with van der Waals surface area (Å²) in [7, 11) is 0. The molecule has 2 aromatic carbocycles. The lowest BCUT2D eigenvalue weighted by atomic mass is 10.1. The maximum Gasteiger partial charge on any atom is 0.0478 e. The first-order chi connectivity index (χ1) is 7.75. The van der Waals surface area contributed by atoms with Crippen LogP contribution in [0.5, 0.6) is 0 Å². The fourth-order valence-electron chi connectivity index (χ4n) is 1.40. The fraction of sp³-hybridized carbons (Fsp3) is 0. The van der Waals surface area contributed by atoms with Gasteiger partial charge in [0.15, 0.2) is 0 Å². The monoisotopic (exact) mass is 229 g/mol. The molecule has 2 heteroatoms. The van der Waals surface area contributed by atoms with Gasteiger partial charge >= 0.3 is 0 Å². The van der Waals surface area contributed by atoms with E-state index in [9.17, 15) is 0 Å². The zero-order valence-corrected chi connectivity index (χ0v) is 9.48. The molecule has 0 spiro atoms. The van der Waals surface area contributed by atoms with E-state index in [0.29, 0.717) is 0 Å². The van der Waals surface area contributed by atoms with Crippen LogP contribution in [-0.2, 0) is 0 Å². The topological polar surface area (TPSA) is 26.0 Å². The van der Waals surface area contributed by atoms with Gasteiger partial charge in [-0.25, -0.2) is 0 Å². The highest BCUT2D eigenvalue weighted by molar-refractivity contribution is 6.32. The third-order valence-electron chi connectivity index (χ3n) is 2.30. The van der Waals surface area contributed by atoms with Gasteiger partial charge in [0.2, 0.25) is 0 Å². The predicted molar refractivity (Wildman–Crippen MR) is 71.2 cm³/mol. The third-order valence-corrected chi connectivity index (χ3v) is 2.64. The number of nitrogen functional groups attached to an aromatic ring is 1. The number of nitrogens with two attached hydrogens (primary N) is 1. The summed E-state index contributed by atoms with van der Waals surface area (Å²) in [6.45, 7) is 0. The Labute approximate surface area is 100 Å². The second-order valence-electron chi connectivity index (χ2n) is 3.52. The zero-order chi connectivity index (χ0) is 11.4. The van der Waals surface area contributed by atoms with Crippen molar-refractivity contribution in [2.24, 2.45) is 0 Å². The van der Waals surface area contributed by atoms with E-state index in [2.05, 4.69) is 0 Å². The van der Waals surface area contributed by atoms with Crippen molar-refractivity contribution in [1.29, 1.82) is 0 Å². The normalized spacial score (nSPS) is 10.8. The summed E-state index contributed by atoms with van der Waals surface area (Å²) in [6.07, 6.45) is 4.01. The van der Waals surface area contributed by atoms with Crippen molar-refractivity contribution in [2.45, 2.75) is 0 Å². The number of rotatable bonds is 2. The molecule has 0 heterocycles. The molecule has 0 saturated carbocycles. The molecule has 0 aliphatic rings. The minimum absolute atomic E-state index is 0.759. The number of halogens is 1. The lowest BCUT2D eigenvalue weighted by molar-refractivity contribution is 1.63. The van der Waals surface area contributed by atoms with Gasteiger partial charge in [-0.2, -0.15) is 0 Å². The van der Waals surface area contributed by atoms with Crippen molar-refractivity contribution >= 4 is 29.4 Å². The van der Waals surface area contributed by atoms with Crippen LogP contribution in [-0.4, -0.2) is 0 Å². The summed E-state index contributed by atoms with van der Waals surface area (Å²) in [6, 6.07) is 15.5. The van der Waals surface area contributed by atoms with Crippen LogP contribution in [0.15, 0.2) is 48.5 Å². The highest BCUT2D eigenvalue weighted by Gasteiger charge is 1.93. The van der Waals surface area contributed by atoms with Crippen molar-refractivity contribution in [3.05, 3.63) is 64.7 Å². The third kappa shape index (κ3) is 2.65. The molecule has 2 rings (SSSR count). The number of anilines is 1. The number of hydrogen-bond donors (Lipinski definition) is 1. The molecule has 2 N–H and O–H groups in total. The Morgan fingerprint density at radius 2 is 1.56 bits per heavy atom. The van der Waals surface area contributed by atoms with Gasteiger partial charge in [-0.15, -0.1) is 0 Å². The van der Waals surface area contributed by atoms with E-state index in [1.54, 1.807) is 0 Å². The van der Waals surface area contributed by atoms with Gasteiger partial charge in [0.25, 0.3) is 0 Å². The van der Waals surface area contributed by atoms with Crippen LogP contribution in [0.2, 0.25) is 5.02 Å². The molecule has 0 fully saturated rings. The first-order valence-corrected chi connectivity index (χ1v) is 5.42. The average molecular weight is 230 g/mol. The van der Waals surface area contributed by atoms with Crippen molar-refractivity contribution in [3.63, 3.8) is 0 Å². The van der Waals surface area contributed by atoms with Gasteiger partial charge in [-0.3, -0.25) is 0 Å². The van der Waals surface area contributed by atoms with Crippen LogP contribution in [0.3, 0.4) is 0 Å². The van der Waals surface area contributed by atoms with E-state index in [4.69, 9.17) is 17.3 Å². The minimum Gasteiger partial charge on any atom is -0.399 e. The summed E-state index contributed by atoms with van der Waals surface area (Å²) in [5.74, 6) is 0. The van der Waals surface area contributed by atoms with Crippen LogP contribution >= 0.6 is 11.6 Å². The maximum absolute atomic E-state index is 6.04. The molecular weight excluding hydrogens is 218 g/mol. The molecular formula is C14H12ClN. The fourth-order valence-corrected chi connectivity index (χ4v) is 1.60. The quantitative estimate of drug-likeness (QED) is 0.609. The number of hydrogen-bond acceptors (Lipinski definition) is 1. The lowest BCUT2D eigenvalue weighted by Gasteiger charge is -1.97. The highest BCUT2D eigenvalue weighted by atomic mass is 35.5. The predicted octanol–water partition coefficient (Wildman–Crippen LogP) is 4.09. The van der Waals surface area contributed by atoms with Crippen LogP contribution in [0.25, 0.3) is 12.2 Å². The van der Waals surface area contributed by atoms with Gasteiger partial charge in [-0.05, 0) is 29.3 Å². The molecule has 0 saturated heterocycles. The van der Waals surface area contributed by atoms with E-state index in [1.165, 1.54) is 0 Å². The molecule has 80 valence electrons. The summed E-state index contributed by atoms with van der Waals surface area (Å²) in [5.41, 5.74) is 8.51. The Morgan fingerprint density at radius 1 is 0.875 bits per heavy atom. The van der Waals surface area contributed by atoms with E-state index in [0.717, 1.165) is 21.8 Å². The van der Waals surface area contributed by atoms with E-state index >= 15 is 0 Å². The largest absolute Gasteiger partial charge is 0.399 e. The molecule has 0 atom stereocenters. The zero-order valence-electron chi connectivity index (χ0n) is 8.73. The van der Waals surface area contributed by atoms with E-state index in [-0.39, 0.29) is 0 Å². The average Bonchev–Trinajstić information content (AvgIpc) is 2.30. The lowest BCUT2D eigenvalue weighted by Crippen LogP contribution is -1.82. The second kappa shape index (κ2) is 4.86.